The van der Waals surface area contributed by atoms with E-state index < -0.39 is 36.1 Å². The summed E-state index contributed by atoms with van der Waals surface area (Å²) < 4.78 is 59.9. The molecule has 0 bridgehead atoms. The van der Waals surface area contributed by atoms with Gasteiger partial charge in [0.25, 0.3) is 5.91 Å². The topological polar surface area (TPSA) is 87.6 Å². The number of rotatable bonds is 4. The van der Waals surface area contributed by atoms with Gasteiger partial charge in [-0.2, -0.15) is 18.3 Å². The van der Waals surface area contributed by atoms with Gasteiger partial charge in [0.1, 0.15) is 0 Å². The highest BCUT2D eigenvalue weighted by Crippen LogP contribution is 2.42. The first kappa shape index (κ1) is 25.1. The van der Waals surface area contributed by atoms with Crippen LogP contribution in [0.25, 0.3) is 11.1 Å². The van der Waals surface area contributed by atoms with E-state index in [4.69, 9.17) is 4.74 Å². The number of hydrogen-bond acceptors (Lipinski definition) is 6. The van der Waals surface area contributed by atoms with Gasteiger partial charge in [0, 0.05) is 24.3 Å². The van der Waals surface area contributed by atoms with Crippen molar-refractivity contribution in [1.82, 2.24) is 10.2 Å². The summed E-state index contributed by atoms with van der Waals surface area (Å²) in [5.74, 6) is -0.750. The summed E-state index contributed by atoms with van der Waals surface area (Å²) in [6, 6.07) is 10.9. The highest BCUT2D eigenvalue weighted by molar-refractivity contribution is 6.04. The van der Waals surface area contributed by atoms with Crippen LogP contribution in [-0.4, -0.2) is 59.3 Å². The second kappa shape index (κ2) is 9.38. The third kappa shape index (κ3) is 4.76. The molecule has 2 aromatic carbocycles. The number of hydrogen-bond donors (Lipinski definition) is 2. The number of ether oxygens (including phenoxy) is 1. The summed E-state index contributed by atoms with van der Waals surface area (Å²) in [5, 5.41) is 18.7. The van der Waals surface area contributed by atoms with Gasteiger partial charge in [-0.1, -0.05) is 18.2 Å². The number of anilines is 2. The number of carbonyl (C=O) groups is 1. The molecule has 3 aromatic rings. The van der Waals surface area contributed by atoms with E-state index in [9.17, 15) is 23.1 Å². The number of carbonyl (C=O) groups excluding carboxylic acids is 1. The number of amides is 1. The van der Waals surface area contributed by atoms with Gasteiger partial charge in [-0.3, -0.25) is 4.79 Å². The number of aromatic nitrogens is 2. The van der Waals surface area contributed by atoms with E-state index >= 15 is 4.39 Å². The van der Waals surface area contributed by atoms with Crippen molar-refractivity contribution < 1.29 is 32.2 Å². The average Bonchev–Trinajstić information content (AvgIpc) is 2.89. The van der Waals surface area contributed by atoms with E-state index in [1.165, 1.54) is 0 Å². The molecule has 1 fully saturated rings. The molecule has 0 saturated carbocycles. The Kier molecular flexibility index (Phi) is 6.36. The number of morpholine rings is 1. The summed E-state index contributed by atoms with van der Waals surface area (Å²) in [5.41, 5.74) is 1.26. The van der Waals surface area contributed by atoms with Crippen LogP contribution >= 0.6 is 0 Å². The minimum Gasteiger partial charge on any atom is -0.393 e. The number of halogens is 4. The van der Waals surface area contributed by atoms with Crippen molar-refractivity contribution in [2.75, 3.05) is 36.6 Å². The molecule has 0 spiro atoms. The molecule has 11 heteroatoms. The van der Waals surface area contributed by atoms with Crippen LogP contribution in [0, 0.1) is 6.92 Å². The first-order valence-electron chi connectivity index (χ1n) is 11.7. The maximum atomic E-state index is 15.5. The predicted octanol–water partition coefficient (Wildman–Crippen LogP) is 4.19. The third-order valence-corrected chi connectivity index (χ3v) is 6.88. The summed E-state index contributed by atoms with van der Waals surface area (Å²) >= 11 is 0. The number of aryl methyl sites for hydroxylation is 1. The van der Waals surface area contributed by atoms with Crippen molar-refractivity contribution in [3.8, 4) is 11.1 Å². The zero-order valence-electron chi connectivity index (χ0n) is 19.8. The SMILES string of the molecule is Cc1ccc(NC(=O)c2cnnc(C(F)(F)F)c2)cc1-c1ccc2c(c1)N1CCOC[C@@H]1[C@](F)(CO)C2. The normalized spacial score (nSPS) is 21.2. The molecule has 1 saturated heterocycles. The van der Waals surface area contributed by atoms with Crippen molar-refractivity contribution in [3.63, 3.8) is 0 Å². The summed E-state index contributed by atoms with van der Waals surface area (Å²) in [6.45, 7) is 2.42. The maximum absolute atomic E-state index is 15.5. The number of aliphatic hydroxyl groups excluding tert-OH is 1. The van der Waals surface area contributed by atoms with Gasteiger partial charge in [0.05, 0.1) is 37.6 Å². The fourth-order valence-corrected chi connectivity index (χ4v) is 4.91. The minimum atomic E-state index is -4.72. The molecule has 7 nitrogen and oxygen atoms in total. The highest BCUT2D eigenvalue weighted by atomic mass is 19.4. The lowest BCUT2D eigenvalue weighted by molar-refractivity contribution is -0.141. The molecule has 0 radical (unpaired) electrons. The highest BCUT2D eigenvalue weighted by Gasteiger charge is 2.48. The van der Waals surface area contributed by atoms with Gasteiger partial charge in [0.15, 0.2) is 11.4 Å². The Morgan fingerprint density at radius 2 is 2.05 bits per heavy atom. The van der Waals surface area contributed by atoms with Crippen LogP contribution in [0.4, 0.5) is 28.9 Å². The van der Waals surface area contributed by atoms with E-state index in [0.717, 1.165) is 34.1 Å². The van der Waals surface area contributed by atoms with Gasteiger partial charge >= 0.3 is 6.18 Å². The first-order chi connectivity index (χ1) is 17.6. The number of benzene rings is 2. The molecule has 1 amide bonds. The predicted molar refractivity (Wildman–Crippen MR) is 128 cm³/mol. The molecule has 194 valence electrons. The van der Waals surface area contributed by atoms with E-state index in [2.05, 4.69) is 15.5 Å². The van der Waals surface area contributed by atoms with Gasteiger partial charge in [-0.05, 0) is 53.4 Å². The second-order valence-corrected chi connectivity index (χ2v) is 9.31. The van der Waals surface area contributed by atoms with Crippen LogP contribution in [0.3, 0.4) is 0 Å². The zero-order chi connectivity index (χ0) is 26.4. The fraction of sp³-hybridized carbons (Fsp3) is 0.346. The Hall–Kier alpha value is -3.57. The van der Waals surface area contributed by atoms with Gasteiger partial charge in [0.2, 0.25) is 0 Å². The molecule has 0 aliphatic carbocycles. The monoisotopic (exact) mass is 516 g/mol. The lowest BCUT2D eigenvalue weighted by atomic mass is 9.82. The summed E-state index contributed by atoms with van der Waals surface area (Å²) in [7, 11) is 0. The Labute approximate surface area is 210 Å². The molecular weight excluding hydrogens is 492 g/mol. The number of alkyl halides is 4. The molecule has 2 aliphatic heterocycles. The van der Waals surface area contributed by atoms with Crippen molar-refractivity contribution in [2.24, 2.45) is 0 Å². The van der Waals surface area contributed by atoms with E-state index in [1.54, 1.807) is 18.2 Å². The maximum Gasteiger partial charge on any atom is 0.435 e. The van der Waals surface area contributed by atoms with E-state index in [-0.39, 0.29) is 18.6 Å². The van der Waals surface area contributed by atoms with Gasteiger partial charge in [-0.25, -0.2) is 4.39 Å². The first-order valence-corrected chi connectivity index (χ1v) is 11.7. The van der Waals surface area contributed by atoms with Crippen molar-refractivity contribution >= 4 is 17.3 Å². The molecular formula is C26H24F4N4O3. The molecule has 37 heavy (non-hydrogen) atoms. The molecule has 2 atom stereocenters. The number of fused-ring (bicyclic) bond motifs is 3. The van der Waals surface area contributed by atoms with Crippen molar-refractivity contribution in [3.05, 3.63) is 71.0 Å². The fourth-order valence-electron chi connectivity index (χ4n) is 4.91. The molecule has 1 aromatic heterocycles. The van der Waals surface area contributed by atoms with Crippen LogP contribution in [0.5, 0.6) is 0 Å². The van der Waals surface area contributed by atoms with Gasteiger partial charge in [-0.15, -0.1) is 5.10 Å². The number of nitrogens with zero attached hydrogens (tertiary/aromatic N) is 3. The smallest absolute Gasteiger partial charge is 0.393 e. The Morgan fingerprint density at radius 3 is 2.81 bits per heavy atom. The lowest BCUT2D eigenvalue weighted by Gasteiger charge is -2.48. The van der Waals surface area contributed by atoms with Crippen molar-refractivity contribution in [1.29, 1.82) is 0 Å². The Bertz CT molecular complexity index is 1350. The van der Waals surface area contributed by atoms with Crippen molar-refractivity contribution in [2.45, 2.75) is 31.2 Å². The summed E-state index contributed by atoms with van der Waals surface area (Å²) in [6.07, 6.45) is -3.68. The van der Waals surface area contributed by atoms with Crippen LogP contribution in [-0.2, 0) is 17.3 Å². The minimum absolute atomic E-state index is 0.0681. The zero-order valence-corrected chi connectivity index (χ0v) is 19.8. The van der Waals surface area contributed by atoms with Crippen LogP contribution < -0.4 is 10.2 Å². The lowest BCUT2D eigenvalue weighted by Crippen LogP contribution is -2.62. The Morgan fingerprint density at radius 1 is 1.24 bits per heavy atom. The third-order valence-electron chi connectivity index (χ3n) is 6.88. The average molecular weight is 516 g/mol. The van der Waals surface area contributed by atoms with Crippen LogP contribution in [0.2, 0.25) is 0 Å². The second-order valence-electron chi connectivity index (χ2n) is 9.31. The number of aliphatic hydroxyl groups is 1. The van der Waals surface area contributed by atoms with E-state index in [0.29, 0.717) is 24.9 Å². The molecule has 0 unspecified atom stereocenters. The largest absolute Gasteiger partial charge is 0.435 e. The molecule has 5 rings (SSSR count). The molecule has 2 aliphatic rings. The van der Waals surface area contributed by atoms with Crippen LogP contribution in [0.15, 0.2) is 48.7 Å². The molecule has 2 N–H and O–H groups in total. The Balaban J connectivity index is 1.45. The quantitative estimate of drug-likeness (QED) is 0.506. The molecule has 3 heterocycles. The van der Waals surface area contributed by atoms with E-state index in [1.807, 2.05) is 30.0 Å². The van der Waals surface area contributed by atoms with Gasteiger partial charge < -0.3 is 20.1 Å². The standard InChI is InChI=1S/C26H24F4N4O3/c1-15-2-5-19(32-24(36)18-9-22(26(28,29)30)33-31-12-18)10-20(15)16-3-4-17-11-25(27,14-35)23-13-37-7-6-34(23)21(17)8-16/h2-5,8-10,12,23,35H,6-7,11,13-14H2,1H3,(H,32,36)/t23-,25-/m1/s1. The summed E-state index contributed by atoms with van der Waals surface area (Å²) in [4.78, 5) is 14.6. The van der Waals surface area contributed by atoms with Crippen LogP contribution in [0.1, 0.15) is 27.2 Å². The number of nitrogens with one attached hydrogen (secondary N) is 1.